The van der Waals surface area contributed by atoms with Crippen molar-refractivity contribution in [2.24, 2.45) is 17.3 Å². The molecule has 0 bridgehead atoms. The maximum atomic E-state index is 6.05. The van der Waals surface area contributed by atoms with Crippen molar-refractivity contribution in [3.05, 3.63) is 23.9 Å². The maximum Gasteiger partial charge on any atom is 0.126 e. The van der Waals surface area contributed by atoms with Crippen molar-refractivity contribution < 1.29 is 0 Å². The van der Waals surface area contributed by atoms with Crippen molar-refractivity contribution >= 4 is 5.82 Å². The maximum absolute atomic E-state index is 6.05. The van der Waals surface area contributed by atoms with E-state index in [9.17, 15) is 0 Å². The van der Waals surface area contributed by atoms with Crippen LogP contribution in [0.3, 0.4) is 0 Å². The number of nitrogens with zero attached hydrogens (tertiary/aromatic N) is 1. The second-order valence-electron chi connectivity index (χ2n) is 7.40. The normalized spacial score (nSPS) is 26.8. The Morgan fingerprint density at radius 1 is 1.38 bits per heavy atom. The molecule has 0 amide bonds. The van der Waals surface area contributed by atoms with Crippen molar-refractivity contribution in [2.45, 2.75) is 59.4 Å². The predicted molar refractivity (Wildman–Crippen MR) is 90.1 cm³/mol. The molecule has 0 saturated heterocycles. The average molecular weight is 289 g/mol. The summed E-state index contributed by atoms with van der Waals surface area (Å²) in [7, 11) is 0. The van der Waals surface area contributed by atoms with E-state index in [1.54, 1.807) is 6.20 Å². The van der Waals surface area contributed by atoms with Crippen LogP contribution in [0.25, 0.3) is 0 Å². The molecule has 0 radical (unpaired) electrons. The fourth-order valence-corrected chi connectivity index (χ4v) is 4.03. The number of pyridine rings is 1. The van der Waals surface area contributed by atoms with Crippen LogP contribution >= 0.6 is 0 Å². The molecule has 1 heterocycles. The third kappa shape index (κ3) is 3.97. The van der Waals surface area contributed by atoms with E-state index < -0.39 is 0 Å². The Hall–Kier alpha value is -1.09. The van der Waals surface area contributed by atoms with Gasteiger partial charge in [0.05, 0.1) is 0 Å². The Morgan fingerprint density at radius 2 is 2.14 bits per heavy atom. The predicted octanol–water partition coefficient (Wildman–Crippen LogP) is 3.65. The summed E-state index contributed by atoms with van der Waals surface area (Å²) < 4.78 is 0. The first-order chi connectivity index (χ1) is 9.94. The second-order valence-corrected chi connectivity index (χ2v) is 7.40. The number of nitrogens with two attached hydrogens (primary N) is 1. The smallest absolute Gasteiger partial charge is 0.126 e. The molecule has 1 aliphatic carbocycles. The van der Waals surface area contributed by atoms with E-state index in [-0.39, 0.29) is 5.41 Å². The van der Waals surface area contributed by atoms with Gasteiger partial charge in [0.1, 0.15) is 5.82 Å². The fraction of sp³-hybridized carbons (Fsp3) is 0.722. The first-order valence-corrected chi connectivity index (χ1v) is 8.36. The molecule has 0 aliphatic heterocycles. The van der Waals surface area contributed by atoms with E-state index in [1.165, 1.54) is 24.8 Å². The van der Waals surface area contributed by atoms with Crippen molar-refractivity contribution in [1.82, 2.24) is 10.3 Å². The molecule has 1 saturated carbocycles. The molecule has 3 heteroatoms. The third-order valence-electron chi connectivity index (χ3n) is 5.15. The van der Waals surface area contributed by atoms with Crippen LogP contribution in [0.15, 0.2) is 18.3 Å². The minimum atomic E-state index is 0.240. The minimum absolute atomic E-state index is 0.240. The molecular weight excluding hydrogens is 258 g/mol. The molecule has 118 valence electrons. The van der Waals surface area contributed by atoms with Gasteiger partial charge in [-0.2, -0.15) is 0 Å². The lowest BCUT2D eigenvalue weighted by Gasteiger charge is -2.45. The van der Waals surface area contributed by atoms with Crippen LogP contribution in [0, 0.1) is 17.3 Å². The van der Waals surface area contributed by atoms with Gasteiger partial charge in [0.25, 0.3) is 0 Å². The second kappa shape index (κ2) is 6.78. The van der Waals surface area contributed by atoms with Crippen LogP contribution in [-0.2, 0) is 6.42 Å². The summed E-state index contributed by atoms with van der Waals surface area (Å²) in [6.07, 6.45) is 6.73. The Morgan fingerprint density at radius 3 is 2.81 bits per heavy atom. The number of nitrogen functional groups attached to an aromatic ring is 1. The summed E-state index contributed by atoms with van der Waals surface area (Å²) in [5, 5.41) is 3.72. The van der Waals surface area contributed by atoms with Crippen molar-refractivity contribution in [3.63, 3.8) is 0 Å². The molecule has 3 N–H and O–H groups in total. The average Bonchev–Trinajstić information content (AvgIpc) is 2.41. The van der Waals surface area contributed by atoms with Crippen molar-refractivity contribution in [3.8, 4) is 0 Å². The van der Waals surface area contributed by atoms with Crippen molar-refractivity contribution in [1.29, 1.82) is 0 Å². The Kier molecular flexibility index (Phi) is 5.26. The molecule has 1 aromatic heterocycles. The highest BCUT2D eigenvalue weighted by Crippen LogP contribution is 2.42. The summed E-state index contributed by atoms with van der Waals surface area (Å²) in [5.74, 6) is 2.23. The largest absolute Gasteiger partial charge is 0.383 e. The molecular formula is C18H31N3. The van der Waals surface area contributed by atoms with Crippen LogP contribution in [0.1, 0.15) is 52.5 Å². The summed E-state index contributed by atoms with van der Waals surface area (Å²) in [5.41, 5.74) is 7.48. The quantitative estimate of drug-likeness (QED) is 0.870. The highest BCUT2D eigenvalue weighted by Gasteiger charge is 2.38. The van der Waals surface area contributed by atoms with Crippen LogP contribution in [0.4, 0.5) is 5.82 Å². The van der Waals surface area contributed by atoms with E-state index in [2.05, 4.69) is 44.1 Å². The number of hydrogen-bond acceptors (Lipinski definition) is 3. The molecule has 3 unspecified atom stereocenters. The number of hydrogen-bond donors (Lipinski definition) is 2. The van der Waals surface area contributed by atoms with Gasteiger partial charge in [-0.05, 0) is 54.7 Å². The van der Waals surface area contributed by atoms with Gasteiger partial charge < -0.3 is 11.1 Å². The van der Waals surface area contributed by atoms with E-state index in [0.29, 0.717) is 17.8 Å². The van der Waals surface area contributed by atoms with Crippen LogP contribution < -0.4 is 11.1 Å². The highest BCUT2D eigenvalue weighted by molar-refractivity contribution is 5.39. The molecule has 1 aromatic rings. The zero-order chi connectivity index (χ0) is 15.5. The first kappa shape index (κ1) is 16.3. The Bertz CT molecular complexity index is 456. The molecule has 3 atom stereocenters. The van der Waals surface area contributed by atoms with Gasteiger partial charge in [0.15, 0.2) is 0 Å². The number of rotatable bonds is 5. The number of aromatic nitrogens is 1. The molecule has 0 spiro atoms. The minimum Gasteiger partial charge on any atom is -0.383 e. The van der Waals surface area contributed by atoms with Gasteiger partial charge in [0.2, 0.25) is 0 Å². The Labute approximate surface area is 129 Å². The van der Waals surface area contributed by atoms with Gasteiger partial charge in [-0.25, -0.2) is 4.98 Å². The number of anilines is 1. The summed E-state index contributed by atoms with van der Waals surface area (Å²) in [6, 6.07) is 4.75. The standard InChI is InChI=1S/C18H31N3/c1-5-20-16-11-13(2)8-9-15(16)18(3,4)12-14-7-6-10-21-17(14)19/h6-7,10,13,15-16,20H,5,8-9,11-12H2,1-4H3,(H2,19,21). The van der Waals surface area contributed by atoms with Gasteiger partial charge in [-0.3, -0.25) is 0 Å². The van der Waals surface area contributed by atoms with E-state index >= 15 is 0 Å². The van der Waals surface area contributed by atoms with Gasteiger partial charge in [-0.15, -0.1) is 0 Å². The van der Waals surface area contributed by atoms with Crippen LogP contribution in [0.2, 0.25) is 0 Å². The van der Waals surface area contributed by atoms with Crippen molar-refractivity contribution in [2.75, 3.05) is 12.3 Å². The van der Waals surface area contributed by atoms with E-state index in [0.717, 1.165) is 18.9 Å². The summed E-state index contributed by atoms with van der Waals surface area (Å²) in [6.45, 7) is 10.4. The molecule has 3 nitrogen and oxygen atoms in total. The molecule has 1 aliphatic rings. The molecule has 0 aromatic carbocycles. The molecule has 2 rings (SSSR count). The molecule has 1 fully saturated rings. The highest BCUT2D eigenvalue weighted by atomic mass is 14.9. The summed E-state index contributed by atoms with van der Waals surface area (Å²) >= 11 is 0. The number of nitrogens with one attached hydrogen (secondary N) is 1. The van der Waals surface area contributed by atoms with Crippen LogP contribution in [0.5, 0.6) is 0 Å². The zero-order valence-corrected chi connectivity index (χ0v) is 14.0. The first-order valence-electron chi connectivity index (χ1n) is 8.36. The third-order valence-corrected chi connectivity index (χ3v) is 5.15. The lowest BCUT2D eigenvalue weighted by molar-refractivity contribution is 0.0950. The Balaban J connectivity index is 2.14. The van der Waals surface area contributed by atoms with Gasteiger partial charge in [0, 0.05) is 12.2 Å². The lowest BCUT2D eigenvalue weighted by Crippen LogP contribution is -2.47. The topological polar surface area (TPSA) is 50.9 Å². The SMILES string of the molecule is CCNC1CC(C)CCC1C(C)(C)Cc1cccnc1N. The fourth-order valence-electron chi connectivity index (χ4n) is 4.03. The van der Waals surface area contributed by atoms with Crippen LogP contribution in [-0.4, -0.2) is 17.6 Å². The van der Waals surface area contributed by atoms with Gasteiger partial charge >= 0.3 is 0 Å². The van der Waals surface area contributed by atoms with Gasteiger partial charge in [-0.1, -0.05) is 40.2 Å². The lowest BCUT2D eigenvalue weighted by atomic mass is 9.64. The summed E-state index contributed by atoms with van der Waals surface area (Å²) in [4.78, 5) is 4.24. The zero-order valence-electron chi connectivity index (χ0n) is 14.0. The van der Waals surface area contributed by atoms with E-state index in [1.807, 2.05) is 6.07 Å². The monoisotopic (exact) mass is 289 g/mol. The molecule has 21 heavy (non-hydrogen) atoms. The van der Waals surface area contributed by atoms with E-state index in [4.69, 9.17) is 5.73 Å².